The molecule has 162 valence electrons. The van der Waals surface area contributed by atoms with Crippen molar-refractivity contribution in [1.82, 2.24) is 0 Å². The van der Waals surface area contributed by atoms with Crippen LogP contribution >= 0.6 is 0 Å². The second-order valence-corrected chi connectivity index (χ2v) is 10.4. The fourth-order valence-corrected chi connectivity index (χ4v) is 7.53. The maximum atomic E-state index is 13.7. The molecule has 1 aromatic rings. The number of aliphatic hydroxyl groups is 3. The molecule has 3 saturated carbocycles. The first-order valence-corrected chi connectivity index (χ1v) is 11.1. The van der Waals surface area contributed by atoms with E-state index in [0.29, 0.717) is 44.1 Å². The lowest BCUT2D eigenvalue weighted by Crippen LogP contribution is -2.62. The van der Waals surface area contributed by atoms with Crippen LogP contribution in [0.15, 0.2) is 38.9 Å². The van der Waals surface area contributed by atoms with E-state index in [-0.39, 0.29) is 35.0 Å². The minimum atomic E-state index is -1.25. The number of fused-ring (bicyclic) bond motifs is 5. The summed E-state index contributed by atoms with van der Waals surface area (Å²) in [5, 5.41) is 33.5. The van der Waals surface area contributed by atoms with Gasteiger partial charge in [-0.05, 0) is 80.4 Å². The molecule has 3 fully saturated rings. The third-order valence-electron chi connectivity index (χ3n) is 9.28. The summed E-state index contributed by atoms with van der Waals surface area (Å²) in [6.07, 6.45) is 5.69. The van der Waals surface area contributed by atoms with E-state index >= 15 is 0 Å². The predicted octanol–water partition coefficient (Wildman–Crippen LogP) is 3.23. The van der Waals surface area contributed by atoms with Gasteiger partial charge in [0.05, 0.1) is 23.4 Å². The van der Waals surface area contributed by atoms with Crippen molar-refractivity contribution in [2.24, 2.45) is 22.7 Å². The Bertz CT molecular complexity index is 973. The molecule has 6 nitrogen and oxygen atoms in total. The molecule has 0 aliphatic heterocycles. The fourth-order valence-electron chi connectivity index (χ4n) is 7.53. The number of carbonyl (C=O) groups excluding carboxylic acids is 1. The summed E-state index contributed by atoms with van der Waals surface area (Å²) in [7, 11) is 0. The van der Waals surface area contributed by atoms with E-state index in [2.05, 4.69) is 6.92 Å². The molecule has 1 aromatic heterocycles. The summed E-state index contributed by atoms with van der Waals surface area (Å²) in [6, 6.07) is 3.00. The normalized spacial score (nSPS) is 45.7. The Hall–Kier alpha value is -1.92. The van der Waals surface area contributed by atoms with Crippen LogP contribution in [0.3, 0.4) is 0 Å². The molecule has 5 rings (SSSR count). The smallest absolute Gasteiger partial charge is 0.335 e. The van der Waals surface area contributed by atoms with E-state index in [4.69, 9.17) is 4.42 Å². The quantitative estimate of drug-likeness (QED) is 0.651. The first kappa shape index (κ1) is 20.0. The van der Waals surface area contributed by atoms with Crippen molar-refractivity contribution in [3.63, 3.8) is 0 Å². The fraction of sp³-hybridized carbons (Fsp3) is 0.667. The second kappa shape index (κ2) is 6.30. The Morgan fingerprint density at radius 1 is 1.03 bits per heavy atom. The molecule has 7 atom stereocenters. The summed E-state index contributed by atoms with van der Waals surface area (Å²) in [4.78, 5) is 25.1. The van der Waals surface area contributed by atoms with Gasteiger partial charge in [0.2, 0.25) is 5.78 Å². The third-order valence-corrected chi connectivity index (χ3v) is 9.28. The zero-order valence-corrected chi connectivity index (χ0v) is 17.6. The number of hydrogen-bond donors (Lipinski definition) is 3. The molecule has 3 N–H and O–H groups in total. The van der Waals surface area contributed by atoms with Crippen LogP contribution in [0.2, 0.25) is 0 Å². The molecule has 0 spiro atoms. The molecule has 0 aromatic carbocycles. The summed E-state index contributed by atoms with van der Waals surface area (Å²) in [5.41, 5.74) is -1.84. The zero-order chi connectivity index (χ0) is 21.5. The summed E-state index contributed by atoms with van der Waals surface area (Å²) in [6.45, 7) is 3.86. The van der Waals surface area contributed by atoms with Crippen LogP contribution < -0.4 is 5.63 Å². The van der Waals surface area contributed by atoms with Gasteiger partial charge in [-0.15, -0.1) is 0 Å². The third kappa shape index (κ3) is 2.32. The van der Waals surface area contributed by atoms with Gasteiger partial charge in [-0.2, -0.15) is 0 Å². The van der Waals surface area contributed by atoms with E-state index in [1.807, 2.05) is 0 Å². The highest BCUT2D eigenvalue weighted by molar-refractivity contribution is 6.02. The highest BCUT2D eigenvalue weighted by Gasteiger charge is 2.70. The largest absolute Gasteiger partial charge is 0.504 e. The number of ketones is 1. The number of rotatable bonds is 1. The van der Waals surface area contributed by atoms with Crippen LogP contribution in [0.1, 0.15) is 70.3 Å². The van der Waals surface area contributed by atoms with Gasteiger partial charge in [0.1, 0.15) is 0 Å². The van der Waals surface area contributed by atoms with Crippen LogP contribution in [-0.4, -0.2) is 32.8 Å². The van der Waals surface area contributed by atoms with E-state index in [1.165, 1.54) is 12.3 Å². The Morgan fingerprint density at radius 2 is 1.80 bits per heavy atom. The zero-order valence-electron chi connectivity index (χ0n) is 17.6. The molecule has 30 heavy (non-hydrogen) atoms. The Kier molecular flexibility index (Phi) is 4.20. The van der Waals surface area contributed by atoms with Crippen molar-refractivity contribution < 1.29 is 24.5 Å². The Labute approximate surface area is 175 Å². The van der Waals surface area contributed by atoms with E-state index in [0.717, 1.165) is 12.0 Å². The van der Waals surface area contributed by atoms with Crippen LogP contribution in [-0.2, 0) is 4.79 Å². The highest BCUT2D eigenvalue weighted by Crippen LogP contribution is 2.68. The Balaban J connectivity index is 1.64. The molecule has 0 amide bonds. The van der Waals surface area contributed by atoms with Crippen molar-refractivity contribution in [2.75, 3.05) is 0 Å². The standard InChI is InChI=1S/C24H30O6/c1-22-9-7-15(25)11-14(22)4-5-17-19(22)20(27)21(28)23(2)16(8-10-24(17,23)29)13-3-6-18(26)30-12-13/h3,6,12,14-17,25,27,29H,4-5,7-11H2,1-2H3/t14-,15+,16-,17-,22+,23+,24+/m1/s1. The summed E-state index contributed by atoms with van der Waals surface area (Å²) >= 11 is 0. The van der Waals surface area contributed by atoms with Crippen LogP contribution in [0.4, 0.5) is 0 Å². The van der Waals surface area contributed by atoms with Gasteiger partial charge in [0.15, 0.2) is 5.76 Å². The van der Waals surface area contributed by atoms with E-state index < -0.39 is 22.4 Å². The first-order valence-electron chi connectivity index (χ1n) is 11.1. The number of hydrogen-bond acceptors (Lipinski definition) is 6. The van der Waals surface area contributed by atoms with Gasteiger partial charge in [-0.1, -0.05) is 6.92 Å². The molecule has 0 saturated heterocycles. The second-order valence-electron chi connectivity index (χ2n) is 10.4. The molecule has 0 bridgehead atoms. The van der Waals surface area contributed by atoms with Crippen molar-refractivity contribution in [3.05, 3.63) is 45.7 Å². The van der Waals surface area contributed by atoms with Crippen molar-refractivity contribution in [2.45, 2.75) is 76.4 Å². The number of allylic oxidation sites excluding steroid dienone is 1. The number of carbonyl (C=O) groups is 1. The molecular weight excluding hydrogens is 384 g/mol. The van der Waals surface area contributed by atoms with Gasteiger partial charge in [-0.3, -0.25) is 4.79 Å². The molecular formula is C24H30O6. The van der Waals surface area contributed by atoms with Crippen molar-refractivity contribution in [3.8, 4) is 0 Å². The molecule has 4 aliphatic rings. The molecule has 1 heterocycles. The summed E-state index contributed by atoms with van der Waals surface area (Å²) in [5.74, 6) is -0.992. The topological polar surface area (TPSA) is 108 Å². The lowest BCUT2D eigenvalue weighted by Gasteiger charge is -2.59. The molecule has 6 heteroatoms. The average molecular weight is 414 g/mol. The van der Waals surface area contributed by atoms with Crippen molar-refractivity contribution >= 4 is 5.78 Å². The minimum absolute atomic E-state index is 0.181. The SMILES string of the molecule is C[C@]12CC[C@H](O)C[C@H]1CC[C@@H]1C2=C(O)C(=O)[C@]2(C)[C@@H](c3ccc(=O)oc3)CC[C@]12O. The minimum Gasteiger partial charge on any atom is -0.504 e. The predicted molar refractivity (Wildman–Crippen MR) is 109 cm³/mol. The van der Waals surface area contributed by atoms with Gasteiger partial charge in [-0.25, -0.2) is 4.79 Å². The van der Waals surface area contributed by atoms with Gasteiger partial charge < -0.3 is 19.7 Å². The summed E-state index contributed by atoms with van der Waals surface area (Å²) < 4.78 is 5.05. The number of Topliss-reactive ketones (excluding diaryl/α,β-unsaturated/α-hetero) is 1. The van der Waals surface area contributed by atoms with Crippen molar-refractivity contribution in [1.29, 1.82) is 0 Å². The van der Waals surface area contributed by atoms with Crippen LogP contribution in [0.25, 0.3) is 0 Å². The maximum absolute atomic E-state index is 13.7. The van der Waals surface area contributed by atoms with Crippen LogP contribution in [0.5, 0.6) is 0 Å². The lowest BCUT2D eigenvalue weighted by molar-refractivity contribution is -0.161. The van der Waals surface area contributed by atoms with Gasteiger partial charge >= 0.3 is 5.63 Å². The average Bonchev–Trinajstić information content (AvgIpc) is 3.00. The van der Waals surface area contributed by atoms with E-state index in [1.54, 1.807) is 13.0 Å². The molecule has 0 unspecified atom stereocenters. The Morgan fingerprint density at radius 3 is 2.50 bits per heavy atom. The van der Waals surface area contributed by atoms with E-state index in [9.17, 15) is 24.9 Å². The monoisotopic (exact) mass is 414 g/mol. The highest BCUT2D eigenvalue weighted by atomic mass is 16.4. The maximum Gasteiger partial charge on any atom is 0.335 e. The van der Waals surface area contributed by atoms with Gasteiger partial charge in [0.25, 0.3) is 0 Å². The lowest BCUT2D eigenvalue weighted by atomic mass is 9.46. The number of aliphatic hydroxyl groups excluding tert-OH is 2. The molecule has 0 radical (unpaired) electrons. The van der Waals surface area contributed by atoms with Gasteiger partial charge in [0, 0.05) is 17.9 Å². The van der Waals surface area contributed by atoms with Crippen LogP contribution in [0, 0.1) is 22.7 Å². The molecule has 4 aliphatic carbocycles. The first-order chi connectivity index (χ1) is 14.1.